The minimum absolute atomic E-state index is 0.0785. The molecule has 1 aliphatic carbocycles. The van der Waals surface area contributed by atoms with Gasteiger partial charge in [0.05, 0.1) is 12.6 Å². The van der Waals surface area contributed by atoms with E-state index in [1.54, 1.807) is 0 Å². The summed E-state index contributed by atoms with van der Waals surface area (Å²) < 4.78 is 0. The van der Waals surface area contributed by atoms with Gasteiger partial charge in [-0.2, -0.15) is 0 Å². The Morgan fingerprint density at radius 2 is 2.06 bits per heavy atom. The van der Waals surface area contributed by atoms with Gasteiger partial charge >= 0.3 is 0 Å². The Bertz CT molecular complexity index is 238. The van der Waals surface area contributed by atoms with Crippen LogP contribution in [-0.2, 0) is 4.79 Å². The average Bonchev–Trinajstić information content (AvgIpc) is 2.37. The molecule has 0 aromatic rings. The fourth-order valence-corrected chi connectivity index (χ4v) is 2.54. The maximum Gasteiger partial charge on any atom is 0.236 e. The molecule has 4 heteroatoms. The van der Waals surface area contributed by atoms with E-state index >= 15 is 0 Å². The third-order valence-corrected chi connectivity index (χ3v) is 3.82. The lowest BCUT2D eigenvalue weighted by Crippen LogP contribution is -2.47. The second-order valence-electron chi connectivity index (χ2n) is 5.33. The molecular formula is C13H26N2O2. The Labute approximate surface area is 104 Å². The van der Waals surface area contributed by atoms with E-state index in [2.05, 4.69) is 5.32 Å². The summed E-state index contributed by atoms with van der Waals surface area (Å²) in [4.78, 5) is 11.7. The molecule has 17 heavy (non-hydrogen) atoms. The smallest absolute Gasteiger partial charge is 0.236 e. The Balaban J connectivity index is 2.39. The number of carbonyl (C=O) groups is 1. The number of hydrogen-bond donors (Lipinski definition) is 3. The molecule has 0 radical (unpaired) electrons. The first kappa shape index (κ1) is 14.5. The molecule has 0 saturated heterocycles. The van der Waals surface area contributed by atoms with Crippen molar-refractivity contribution in [2.75, 3.05) is 13.2 Å². The van der Waals surface area contributed by atoms with E-state index < -0.39 is 6.04 Å². The third-order valence-electron chi connectivity index (χ3n) is 3.82. The van der Waals surface area contributed by atoms with Crippen LogP contribution in [0.1, 0.15) is 51.9 Å². The van der Waals surface area contributed by atoms with E-state index in [1.165, 1.54) is 6.42 Å². The molecule has 0 spiro atoms. The van der Waals surface area contributed by atoms with Crippen molar-refractivity contribution in [3.05, 3.63) is 0 Å². The van der Waals surface area contributed by atoms with E-state index in [-0.39, 0.29) is 17.9 Å². The first-order chi connectivity index (χ1) is 8.13. The van der Waals surface area contributed by atoms with Gasteiger partial charge in [0.2, 0.25) is 5.91 Å². The van der Waals surface area contributed by atoms with Crippen LogP contribution in [0.25, 0.3) is 0 Å². The first-order valence-electron chi connectivity index (χ1n) is 6.78. The Kier molecular flexibility index (Phi) is 5.92. The topological polar surface area (TPSA) is 75.4 Å². The third kappa shape index (κ3) is 4.28. The van der Waals surface area contributed by atoms with Gasteiger partial charge in [-0.05, 0) is 19.3 Å². The van der Waals surface area contributed by atoms with Crippen molar-refractivity contribution in [1.29, 1.82) is 0 Å². The quantitative estimate of drug-likeness (QED) is 0.654. The molecule has 0 aliphatic heterocycles. The maximum absolute atomic E-state index is 11.7. The normalized spacial score (nSPS) is 20.9. The Hall–Kier alpha value is -0.610. The minimum Gasteiger partial charge on any atom is -0.396 e. The summed E-state index contributed by atoms with van der Waals surface area (Å²) in [6.07, 6.45) is 7.19. The van der Waals surface area contributed by atoms with Gasteiger partial charge in [0, 0.05) is 12.0 Å². The van der Waals surface area contributed by atoms with Crippen LogP contribution in [0.4, 0.5) is 0 Å². The van der Waals surface area contributed by atoms with Crippen molar-refractivity contribution in [2.24, 2.45) is 11.1 Å². The van der Waals surface area contributed by atoms with Gasteiger partial charge in [-0.15, -0.1) is 0 Å². The summed E-state index contributed by atoms with van der Waals surface area (Å²) >= 11 is 0. The van der Waals surface area contributed by atoms with Crippen LogP contribution >= 0.6 is 0 Å². The highest BCUT2D eigenvalue weighted by Gasteiger charge is 2.32. The summed E-state index contributed by atoms with van der Waals surface area (Å²) in [5.41, 5.74) is 5.66. The second kappa shape index (κ2) is 6.97. The van der Waals surface area contributed by atoms with Gasteiger partial charge in [-0.1, -0.05) is 32.6 Å². The first-order valence-corrected chi connectivity index (χ1v) is 6.78. The van der Waals surface area contributed by atoms with E-state index in [0.717, 1.165) is 38.5 Å². The summed E-state index contributed by atoms with van der Waals surface area (Å²) in [5, 5.41) is 12.4. The largest absolute Gasteiger partial charge is 0.396 e. The van der Waals surface area contributed by atoms with Crippen LogP contribution in [0.3, 0.4) is 0 Å². The van der Waals surface area contributed by atoms with Crippen molar-refractivity contribution >= 4 is 5.91 Å². The summed E-state index contributed by atoms with van der Waals surface area (Å²) in [6.45, 7) is 2.75. The number of aliphatic hydroxyl groups excluding tert-OH is 1. The van der Waals surface area contributed by atoms with Crippen LogP contribution in [0.2, 0.25) is 0 Å². The van der Waals surface area contributed by atoms with Crippen LogP contribution in [0.5, 0.6) is 0 Å². The van der Waals surface area contributed by atoms with E-state index in [4.69, 9.17) is 5.73 Å². The van der Waals surface area contributed by atoms with Gasteiger partial charge in [-0.25, -0.2) is 0 Å². The van der Waals surface area contributed by atoms with Crippen molar-refractivity contribution < 1.29 is 9.90 Å². The van der Waals surface area contributed by atoms with Crippen LogP contribution in [-0.4, -0.2) is 30.2 Å². The highest BCUT2D eigenvalue weighted by Crippen LogP contribution is 2.35. The monoisotopic (exact) mass is 242 g/mol. The van der Waals surface area contributed by atoms with Gasteiger partial charge < -0.3 is 16.2 Å². The zero-order valence-corrected chi connectivity index (χ0v) is 10.9. The predicted molar refractivity (Wildman–Crippen MR) is 68.5 cm³/mol. The Morgan fingerprint density at radius 1 is 1.41 bits per heavy atom. The van der Waals surface area contributed by atoms with Crippen LogP contribution in [0.15, 0.2) is 0 Å². The number of nitrogens with two attached hydrogens (primary N) is 1. The van der Waals surface area contributed by atoms with Crippen molar-refractivity contribution in [3.8, 4) is 0 Å². The molecule has 1 aliphatic rings. The SMILES string of the molecule is CCCC(N)C(=O)NCC1(CO)CCCCC1. The summed E-state index contributed by atoms with van der Waals surface area (Å²) in [6, 6.07) is -0.403. The van der Waals surface area contributed by atoms with Crippen molar-refractivity contribution in [3.63, 3.8) is 0 Å². The lowest BCUT2D eigenvalue weighted by molar-refractivity contribution is -0.123. The number of aliphatic hydroxyl groups is 1. The van der Waals surface area contributed by atoms with Crippen LogP contribution < -0.4 is 11.1 Å². The fourth-order valence-electron chi connectivity index (χ4n) is 2.54. The van der Waals surface area contributed by atoms with E-state index in [9.17, 15) is 9.90 Å². The summed E-state index contributed by atoms with van der Waals surface area (Å²) in [7, 11) is 0. The van der Waals surface area contributed by atoms with Crippen molar-refractivity contribution in [1.82, 2.24) is 5.32 Å². The number of amides is 1. The molecule has 1 fully saturated rings. The van der Waals surface area contributed by atoms with E-state index in [0.29, 0.717) is 6.54 Å². The minimum atomic E-state index is -0.403. The van der Waals surface area contributed by atoms with Gasteiger partial charge in [0.15, 0.2) is 0 Å². The van der Waals surface area contributed by atoms with Gasteiger partial charge in [-0.3, -0.25) is 4.79 Å². The summed E-state index contributed by atoms with van der Waals surface area (Å²) in [5.74, 6) is -0.0785. The van der Waals surface area contributed by atoms with Gasteiger partial charge in [0.1, 0.15) is 0 Å². The lowest BCUT2D eigenvalue weighted by Gasteiger charge is -2.35. The molecule has 0 heterocycles. The number of hydrogen-bond acceptors (Lipinski definition) is 3. The number of nitrogens with one attached hydrogen (secondary N) is 1. The molecular weight excluding hydrogens is 216 g/mol. The predicted octanol–water partition coefficient (Wildman–Crippen LogP) is 1.17. The van der Waals surface area contributed by atoms with Crippen molar-refractivity contribution in [2.45, 2.75) is 57.9 Å². The molecule has 0 aromatic carbocycles. The molecule has 1 amide bonds. The Morgan fingerprint density at radius 3 is 2.59 bits per heavy atom. The average molecular weight is 242 g/mol. The van der Waals surface area contributed by atoms with E-state index in [1.807, 2.05) is 6.92 Å². The number of carbonyl (C=O) groups excluding carboxylic acids is 1. The van der Waals surface area contributed by atoms with Gasteiger partial charge in [0.25, 0.3) is 0 Å². The molecule has 1 unspecified atom stereocenters. The molecule has 0 bridgehead atoms. The molecule has 1 rings (SSSR count). The fraction of sp³-hybridized carbons (Fsp3) is 0.923. The molecule has 1 saturated carbocycles. The second-order valence-corrected chi connectivity index (χ2v) is 5.33. The molecule has 0 aromatic heterocycles. The molecule has 1 atom stereocenters. The highest BCUT2D eigenvalue weighted by molar-refractivity contribution is 5.81. The maximum atomic E-state index is 11.7. The molecule has 4 N–H and O–H groups in total. The van der Waals surface area contributed by atoms with Crippen LogP contribution in [0, 0.1) is 5.41 Å². The highest BCUT2D eigenvalue weighted by atomic mass is 16.3. The zero-order chi connectivity index (χ0) is 12.7. The standard InChI is InChI=1S/C13H26N2O2/c1-2-6-11(14)12(17)15-9-13(10-16)7-4-3-5-8-13/h11,16H,2-10,14H2,1H3,(H,15,17). The number of rotatable bonds is 6. The lowest BCUT2D eigenvalue weighted by atomic mass is 9.74. The molecule has 100 valence electrons. The zero-order valence-electron chi connectivity index (χ0n) is 10.9. The molecule has 4 nitrogen and oxygen atoms in total.